The third kappa shape index (κ3) is 3.69. The molecule has 0 aliphatic carbocycles. The summed E-state index contributed by atoms with van der Waals surface area (Å²) in [6.07, 6.45) is 0.808. The van der Waals surface area contributed by atoms with E-state index in [0.29, 0.717) is 35.1 Å². The van der Waals surface area contributed by atoms with Gasteiger partial charge in [-0.25, -0.2) is 9.79 Å². The van der Waals surface area contributed by atoms with Gasteiger partial charge in [0.2, 0.25) is 5.75 Å². The summed E-state index contributed by atoms with van der Waals surface area (Å²) in [5.74, 6) is 1.18. The molecule has 0 aromatic heterocycles. The molecule has 0 saturated heterocycles. The van der Waals surface area contributed by atoms with E-state index in [-0.39, 0.29) is 5.97 Å². The van der Waals surface area contributed by atoms with Gasteiger partial charge in [-0.15, -0.1) is 0 Å². The summed E-state index contributed by atoms with van der Waals surface area (Å²) in [5.41, 5.74) is 3.07. The predicted molar refractivity (Wildman–Crippen MR) is 113 cm³/mol. The number of esters is 1. The van der Waals surface area contributed by atoms with Crippen molar-refractivity contribution in [1.29, 1.82) is 0 Å². The van der Waals surface area contributed by atoms with Crippen LogP contribution in [0.1, 0.15) is 38.8 Å². The van der Waals surface area contributed by atoms with Crippen LogP contribution in [0, 0.1) is 0 Å². The first-order valence-corrected chi connectivity index (χ1v) is 10.3. The van der Waals surface area contributed by atoms with Gasteiger partial charge in [0.1, 0.15) is 0 Å². The van der Waals surface area contributed by atoms with Crippen LogP contribution < -0.4 is 14.2 Å². The molecule has 0 saturated carbocycles. The van der Waals surface area contributed by atoms with Crippen molar-refractivity contribution in [1.82, 2.24) is 4.90 Å². The number of aliphatic imine (C=N–C) groups is 1. The molecule has 156 valence electrons. The summed E-state index contributed by atoms with van der Waals surface area (Å²) in [4.78, 5) is 19.7. The quantitative estimate of drug-likeness (QED) is 0.613. The number of allylic oxidation sites excluding steroid dienone is 2. The van der Waals surface area contributed by atoms with Crippen LogP contribution in [0.4, 0.5) is 0 Å². The molecule has 7 nitrogen and oxygen atoms in total. The minimum Gasteiger partial charge on any atom is -0.493 e. The SMILES string of the molecule is CCOC(=O)C1=C(C)N=C2SC=C(CC)N2[C@@H]1c1cc(OC)c(OC)c(OC)c1. The lowest BCUT2D eigenvalue weighted by molar-refractivity contribution is -0.139. The molecule has 29 heavy (non-hydrogen) atoms. The van der Waals surface area contributed by atoms with Crippen LogP contribution in [0.2, 0.25) is 0 Å². The second-order valence-corrected chi connectivity index (χ2v) is 7.26. The number of ether oxygens (including phenoxy) is 4. The highest BCUT2D eigenvalue weighted by atomic mass is 32.2. The molecular formula is C21H26N2O5S. The van der Waals surface area contributed by atoms with Crippen LogP contribution in [-0.4, -0.2) is 44.0 Å². The molecule has 2 aliphatic rings. The summed E-state index contributed by atoms with van der Waals surface area (Å²) in [6.45, 7) is 6.01. The molecule has 0 radical (unpaired) electrons. The molecule has 0 N–H and O–H groups in total. The van der Waals surface area contributed by atoms with Gasteiger partial charge in [0.25, 0.3) is 0 Å². The van der Waals surface area contributed by atoms with Crippen LogP contribution in [0.15, 0.2) is 39.5 Å². The minimum atomic E-state index is -0.406. The Hall–Kier alpha value is -2.61. The number of methoxy groups -OCH3 is 3. The van der Waals surface area contributed by atoms with Gasteiger partial charge in [0.05, 0.1) is 45.2 Å². The number of hydrogen-bond acceptors (Lipinski definition) is 8. The standard InChI is InChI=1S/C21H26N2O5S/c1-7-14-11-29-21-22-12(3)17(20(24)28-8-2)18(23(14)21)13-9-15(25-4)19(27-6)16(10-13)26-5/h9-11,18H,7-8H2,1-6H3/t18-/m1/s1. The number of carbonyl (C=O) groups excluding carboxylic acids is 1. The zero-order valence-electron chi connectivity index (χ0n) is 17.6. The molecule has 0 unspecified atom stereocenters. The van der Waals surface area contributed by atoms with Crippen molar-refractivity contribution >= 4 is 22.9 Å². The Morgan fingerprint density at radius 3 is 2.31 bits per heavy atom. The smallest absolute Gasteiger partial charge is 0.338 e. The maximum Gasteiger partial charge on any atom is 0.338 e. The molecule has 1 aromatic rings. The fourth-order valence-electron chi connectivity index (χ4n) is 3.54. The summed E-state index contributed by atoms with van der Waals surface area (Å²) in [5, 5.41) is 2.91. The highest BCUT2D eigenvalue weighted by Crippen LogP contribution is 2.48. The van der Waals surface area contributed by atoms with E-state index in [4.69, 9.17) is 18.9 Å². The van der Waals surface area contributed by atoms with Gasteiger partial charge in [-0.3, -0.25) is 0 Å². The molecule has 0 bridgehead atoms. The lowest BCUT2D eigenvalue weighted by Gasteiger charge is -2.36. The van der Waals surface area contributed by atoms with Gasteiger partial charge < -0.3 is 23.8 Å². The van der Waals surface area contributed by atoms with Crippen molar-refractivity contribution in [3.63, 3.8) is 0 Å². The zero-order valence-corrected chi connectivity index (χ0v) is 18.4. The molecule has 0 spiro atoms. The molecule has 0 fully saturated rings. The molecular weight excluding hydrogens is 392 g/mol. The Morgan fingerprint density at radius 2 is 1.79 bits per heavy atom. The molecule has 3 rings (SSSR count). The van der Waals surface area contributed by atoms with Gasteiger partial charge in [-0.1, -0.05) is 18.7 Å². The zero-order chi connectivity index (χ0) is 21.1. The van der Waals surface area contributed by atoms with Crippen LogP contribution in [0.3, 0.4) is 0 Å². The van der Waals surface area contributed by atoms with Gasteiger partial charge in [0.15, 0.2) is 16.7 Å². The number of rotatable bonds is 7. The average Bonchev–Trinajstić information content (AvgIpc) is 3.13. The topological polar surface area (TPSA) is 69.6 Å². The van der Waals surface area contributed by atoms with E-state index in [0.717, 1.165) is 22.8 Å². The second kappa shape index (κ2) is 8.82. The number of thioether (sulfide) groups is 1. The number of nitrogens with zero attached hydrogens (tertiary/aromatic N) is 2. The predicted octanol–water partition coefficient (Wildman–Crippen LogP) is 4.26. The van der Waals surface area contributed by atoms with Gasteiger partial charge in [-0.05, 0) is 43.4 Å². The van der Waals surface area contributed by atoms with E-state index in [1.807, 2.05) is 19.1 Å². The first-order chi connectivity index (χ1) is 14.0. The number of fused-ring (bicyclic) bond motifs is 1. The van der Waals surface area contributed by atoms with Gasteiger partial charge in [0, 0.05) is 5.70 Å². The summed E-state index contributed by atoms with van der Waals surface area (Å²) >= 11 is 1.56. The second-order valence-electron chi connectivity index (χ2n) is 6.43. The normalized spacial score (nSPS) is 18.1. The molecule has 8 heteroatoms. The molecule has 2 aliphatic heterocycles. The maximum atomic E-state index is 12.9. The largest absolute Gasteiger partial charge is 0.493 e. The Balaban J connectivity index is 2.23. The van der Waals surface area contributed by atoms with E-state index < -0.39 is 6.04 Å². The lowest BCUT2D eigenvalue weighted by atomic mass is 9.93. The first-order valence-electron chi connectivity index (χ1n) is 9.41. The van der Waals surface area contributed by atoms with Crippen molar-refractivity contribution < 1.29 is 23.7 Å². The molecule has 0 amide bonds. The summed E-state index contributed by atoms with van der Waals surface area (Å²) in [7, 11) is 4.71. The minimum absolute atomic E-state index is 0.291. The molecule has 1 aromatic carbocycles. The molecule has 1 atom stereocenters. The number of hydrogen-bond donors (Lipinski definition) is 0. The van der Waals surface area contributed by atoms with Crippen molar-refractivity contribution in [3.05, 3.63) is 40.1 Å². The van der Waals surface area contributed by atoms with Crippen LogP contribution in [0.5, 0.6) is 17.2 Å². The fraction of sp³-hybridized carbons (Fsp3) is 0.429. The van der Waals surface area contributed by atoms with Crippen molar-refractivity contribution in [2.24, 2.45) is 4.99 Å². The van der Waals surface area contributed by atoms with Gasteiger partial charge in [-0.2, -0.15) is 0 Å². The molecule has 2 heterocycles. The first kappa shape index (κ1) is 21.1. The Bertz CT molecular complexity index is 881. The Labute approximate surface area is 175 Å². The highest BCUT2D eigenvalue weighted by molar-refractivity contribution is 8.16. The Morgan fingerprint density at radius 1 is 1.14 bits per heavy atom. The van der Waals surface area contributed by atoms with Crippen LogP contribution in [0.25, 0.3) is 0 Å². The third-order valence-corrected chi connectivity index (χ3v) is 5.75. The van der Waals surface area contributed by atoms with Crippen molar-refractivity contribution in [2.45, 2.75) is 33.2 Å². The van der Waals surface area contributed by atoms with Crippen LogP contribution >= 0.6 is 11.8 Å². The van der Waals surface area contributed by atoms with E-state index >= 15 is 0 Å². The van der Waals surface area contributed by atoms with Crippen molar-refractivity contribution in [2.75, 3.05) is 27.9 Å². The maximum absolute atomic E-state index is 12.9. The van der Waals surface area contributed by atoms with E-state index in [1.165, 1.54) is 0 Å². The van der Waals surface area contributed by atoms with Crippen LogP contribution in [-0.2, 0) is 9.53 Å². The Kier molecular flexibility index (Phi) is 6.42. The highest BCUT2D eigenvalue weighted by Gasteiger charge is 2.41. The number of carbonyl (C=O) groups is 1. The van der Waals surface area contributed by atoms with Crippen molar-refractivity contribution in [3.8, 4) is 17.2 Å². The number of amidine groups is 1. The van der Waals surface area contributed by atoms with E-state index in [1.54, 1.807) is 40.0 Å². The number of benzene rings is 1. The van der Waals surface area contributed by atoms with E-state index in [2.05, 4.69) is 22.2 Å². The average molecular weight is 419 g/mol. The van der Waals surface area contributed by atoms with E-state index in [9.17, 15) is 4.79 Å². The van der Waals surface area contributed by atoms with Gasteiger partial charge >= 0.3 is 5.97 Å². The monoisotopic (exact) mass is 418 g/mol. The lowest BCUT2D eigenvalue weighted by Crippen LogP contribution is -2.36. The summed E-state index contributed by atoms with van der Waals surface area (Å²) in [6, 6.07) is 3.34. The third-order valence-electron chi connectivity index (χ3n) is 4.86. The fourth-order valence-corrected chi connectivity index (χ4v) is 4.59. The summed E-state index contributed by atoms with van der Waals surface area (Å²) < 4.78 is 21.9.